The number of benzene rings is 1. The van der Waals surface area contributed by atoms with E-state index in [9.17, 15) is 9.59 Å². The second-order valence-electron chi connectivity index (χ2n) is 12.9. The van der Waals surface area contributed by atoms with Crippen molar-refractivity contribution in [3.05, 3.63) is 46.6 Å². The Kier molecular flexibility index (Phi) is 14.0. The minimum absolute atomic E-state index is 0.319. The molecule has 1 N–H and O–H groups in total. The molecule has 1 atom stereocenters. The number of likely N-dealkylation sites (N-methyl/N-ethyl adjacent to an activating group) is 1. The van der Waals surface area contributed by atoms with Crippen LogP contribution in [0.2, 0.25) is 0 Å². The van der Waals surface area contributed by atoms with Crippen molar-refractivity contribution in [2.45, 2.75) is 116 Å². The number of rotatable bonds is 17. The Morgan fingerprint density at radius 2 is 1.47 bits per heavy atom. The molecule has 1 unspecified atom stereocenters. The number of nitrogens with one attached hydrogen (secondary N) is 1. The van der Waals surface area contributed by atoms with Crippen LogP contribution < -0.4 is 10.2 Å². The highest BCUT2D eigenvalue weighted by Gasteiger charge is 2.49. The zero-order chi connectivity index (χ0) is 32.1. The van der Waals surface area contributed by atoms with Gasteiger partial charge in [0.15, 0.2) is 0 Å². The van der Waals surface area contributed by atoms with E-state index in [4.69, 9.17) is 9.47 Å². The normalized spacial score (nSPS) is 19.9. The third-order valence-corrected chi connectivity index (χ3v) is 10.4. The Bertz CT molecular complexity index is 1180. The maximum atomic E-state index is 13.8. The summed E-state index contributed by atoms with van der Waals surface area (Å²) in [6.07, 6.45) is 18.4. The first-order chi connectivity index (χ1) is 21.8. The number of fused-ring (bicyclic) bond motifs is 2. The fraction of sp³-hybridized carbons (Fsp3) is 0.667. The summed E-state index contributed by atoms with van der Waals surface area (Å²) in [7, 11) is 2.15. The van der Waals surface area contributed by atoms with E-state index in [2.05, 4.69) is 49.0 Å². The maximum absolute atomic E-state index is 13.8. The molecule has 1 saturated heterocycles. The summed E-state index contributed by atoms with van der Waals surface area (Å²) in [6, 6.07) is 7.83. The molecule has 8 nitrogen and oxygen atoms in total. The lowest BCUT2D eigenvalue weighted by atomic mass is 10.0. The first-order valence-corrected chi connectivity index (χ1v) is 18.2. The quantitative estimate of drug-likeness (QED) is 0.103. The van der Waals surface area contributed by atoms with E-state index in [1.165, 1.54) is 64.2 Å². The first kappa shape index (κ1) is 35.2. The highest BCUT2D eigenvalue weighted by atomic mass is 32.2. The van der Waals surface area contributed by atoms with Gasteiger partial charge in [-0.3, -0.25) is 9.69 Å². The Labute approximate surface area is 275 Å². The molecule has 0 bridgehead atoms. The number of para-hydroxylation sites is 2. The number of piperazine rings is 1. The molecular weight excluding hydrogens is 584 g/mol. The molecule has 1 fully saturated rings. The first-order valence-electron chi connectivity index (χ1n) is 17.4. The van der Waals surface area contributed by atoms with Crippen LogP contribution >= 0.6 is 11.8 Å². The molecule has 0 spiro atoms. The summed E-state index contributed by atoms with van der Waals surface area (Å²) >= 11 is 1.64. The Hall–Kier alpha value is -2.65. The van der Waals surface area contributed by atoms with Crippen LogP contribution in [0.1, 0.15) is 111 Å². The summed E-state index contributed by atoms with van der Waals surface area (Å²) in [5.74, 6) is 0.711. The van der Waals surface area contributed by atoms with E-state index in [0.717, 1.165) is 73.1 Å². The Morgan fingerprint density at radius 1 is 0.867 bits per heavy atom. The number of esters is 1. The molecule has 3 heterocycles. The van der Waals surface area contributed by atoms with Crippen molar-refractivity contribution in [2.75, 3.05) is 50.2 Å². The number of amides is 1. The third kappa shape index (κ3) is 9.92. The molecule has 1 aromatic carbocycles. The van der Waals surface area contributed by atoms with Crippen molar-refractivity contribution < 1.29 is 19.1 Å². The van der Waals surface area contributed by atoms with Crippen LogP contribution in [0.15, 0.2) is 46.6 Å². The van der Waals surface area contributed by atoms with Gasteiger partial charge < -0.3 is 24.6 Å². The highest BCUT2D eigenvalue weighted by Crippen LogP contribution is 2.53. The van der Waals surface area contributed by atoms with Crippen molar-refractivity contribution in [1.82, 2.24) is 9.80 Å². The van der Waals surface area contributed by atoms with Gasteiger partial charge in [-0.25, -0.2) is 4.79 Å². The van der Waals surface area contributed by atoms with Gasteiger partial charge in [0.2, 0.25) is 6.79 Å². The summed E-state index contributed by atoms with van der Waals surface area (Å²) in [5, 5.41) is 3.67. The van der Waals surface area contributed by atoms with E-state index in [1.54, 1.807) is 16.7 Å². The summed E-state index contributed by atoms with van der Waals surface area (Å²) in [5.41, 5.74) is 2.63. The van der Waals surface area contributed by atoms with Crippen LogP contribution in [-0.4, -0.2) is 66.8 Å². The zero-order valence-electron chi connectivity index (χ0n) is 28.2. The van der Waals surface area contributed by atoms with E-state index in [0.29, 0.717) is 6.42 Å². The number of hydrogen-bond acceptors (Lipinski definition) is 8. The largest absolute Gasteiger partial charge is 0.428 e. The van der Waals surface area contributed by atoms with Crippen LogP contribution in [-0.2, 0) is 14.3 Å². The van der Waals surface area contributed by atoms with Gasteiger partial charge in [0.05, 0.1) is 11.4 Å². The predicted molar refractivity (Wildman–Crippen MR) is 186 cm³/mol. The van der Waals surface area contributed by atoms with Gasteiger partial charge in [0, 0.05) is 38.2 Å². The molecule has 4 rings (SSSR count). The number of ether oxygens (including phenoxy) is 2. The van der Waals surface area contributed by atoms with Gasteiger partial charge in [0.25, 0.3) is 0 Å². The number of unbranched alkanes of at least 4 members (excludes halogenated alkanes) is 12. The Balaban J connectivity index is 1.23. The molecule has 45 heavy (non-hydrogen) atoms. The van der Waals surface area contributed by atoms with Crippen molar-refractivity contribution in [1.29, 1.82) is 0 Å². The van der Waals surface area contributed by atoms with Crippen molar-refractivity contribution in [3.8, 4) is 0 Å². The molecule has 250 valence electrons. The van der Waals surface area contributed by atoms with Crippen LogP contribution in [0.25, 0.3) is 0 Å². The predicted octanol–water partition coefficient (Wildman–Crippen LogP) is 8.86. The third-order valence-electron chi connectivity index (χ3n) is 9.18. The number of thioether (sulfide) groups is 1. The highest BCUT2D eigenvalue weighted by molar-refractivity contribution is 8.05. The fourth-order valence-electron chi connectivity index (χ4n) is 6.51. The maximum Gasteiger partial charge on any atom is 0.418 e. The van der Waals surface area contributed by atoms with Crippen LogP contribution in [0.4, 0.5) is 16.2 Å². The molecule has 1 amide bonds. The van der Waals surface area contributed by atoms with Gasteiger partial charge in [0.1, 0.15) is 10.7 Å². The van der Waals surface area contributed by atoms with Gasteiger partial charge in [-0.1, -0.05) is 108 Å². The standard InChI is InChI=1S/C36H56N4O4S/c1-5-6-7-8-9-10-11-12-13-14-15-16-17-22-33(41)43-28-44-35(42)40-32-21-19-18-20-31(32)37-34(39-25-23-38(4)24-26-39)30-27-29(2)45-36(30,40)3/h18-21,27,37H,5-17,22-26,28H2,1-4H3. The lowest BCUT2D eigenvalue weighted by molar-refractivity contribution is -0.151. The van der Waals surface area contributed by atoms with Crippen molar-refractivity contribution in [2.24, 2.45) is 0 Å². The molecule has 0 radical (unpaired) electrons. The summed E-state index contributed by atoms with van der Waals surface area (Å²) < 4.78 is 11.0. The smallest absolute Gasteiger partial charge is 0.418 e. The molecule has 3 aliphatic rings. The van der Waals surface area contributed by atoms with Gasteiger partial charge in [-0.15, -0.1) is 0 Å². The molecule has 3 aliphatic heterocycles. The van der Waals surface area contributed by atoms with Gasteiger partial charge >= 0.3 is 12.1 Å². The van der Waals surface area contributed by atoms with E-state index in [1.807, 2.05) is 24.3 Å². The molecule has 9 heteroatoms. The minimum Gasteiger partial charge on any atom is -0.428 e. The van der Waals surface area contributed by atoms with E-state index < -0.39 is 11.0 Å². The number of anilines is 2. The fourth-order valence-corrected chi connectivity index (χ4v) is 7.84. The lowest BCUT2D eigenvalue weighted by Gasteiger charge is -2.39. The lowest BCUT2D eigenvalue weighted by Crippen LogP contribution is -2.50. The Morgan fingerprint density at radius 3 is 2.11 bits per heavy atom. The summed E-state index contributed by atoms with van der Waals surface area (Å²) in [6.45, 7) is 9.77. The average Bonchev–Trinajstić information content (AvgIpc) is 3.27. The zero-order valence-corrected chi connectivity index (χ0v) is 29.0. The van der Waals surface area contributed by atoms with Crippen LogP contribution in [0.5, 0.6) is 0 Å². The topological polar surface area (TPSA) is 74.3 Å². The number of carbonyl (C=O) groups is 2. The monoisotopic (exact) mass is 640 g/mol. The molecular formula is C36H56N4O4S. The second kappa shape index (κ2) is 17.9. The number of allylic oxidation sites excluding steroid dienone is 1. The number of carbonyl (C=O) groups excluding carboxylic acids is 2. The average molecular weight is 641 g/mol. The van der Waals surface area contributed by atoms with Crippen molar-refractivity contribution >= 4 is 35.2 Å². The molecule has 1 aromatic rings. The molecule has 0 aliphatic carbocycles. The molecule has 0 aromatic heterocycles. The van der Waals surface area contributed by atoms with Gasteiger partial charge in [-0.05, 0) is 50.4 Å². The SMILES string of the molecule is CCCCCCCCCCCCCCCC(=O)OCOC(=O)N1c2ccccc2NC(N2CCN(C)CC2)=C2C=C(C)SC21C. The van der Waals surface area contributed by atoms with E-state index in [-0.39, 0.29) is 12.8 Å². The molecule has 0 saturated carbocycles. The number of nitrogens with zero attached hydrogens (tertiary/aromatic N) is 3. The van der Waals surface area contributed by atoms with Crippen LogP contribution in [0, 0.1) is 0 Å². The van der Waals surface area contributed by atoms with Crippen molar-refractivity contribution in [3.63, 3.8) is 0 Å². The summed E-state index contributed by atoms with van der Waals surface area (Å²) in [4.78, 5) is 33.0. The number of hydrogen-bond donors (Lipinski definition) is 1. The second-order valence-corrected chi connectivity index (χ2v) is 14.6. The minimum atomic E-state index is -0.724. The van der Waals surface area contributed by atoms with E-state index >= 15 is 0 Å². The van der Waals surface area contributed by atoms with Gasteiger partial charge in [-0.2, -0.15) is 0 Å². The van der Waals surface area contributed by atoms with Crippen LogP contribution in [0.3, 0.4) is 0 Å².